The highest BCUT2D eigenvalue weighted by Gasteiger charge is 2.25. The highest BCUT2D eigenvalue weighted by Crippen LogP contribution is 2.31. The lowest BCUT2D eigenvalue weighted by Gasteiger charge is -2.20. The first-order valence-corrected chi connectivity index (χ1v) is 9.25. The first kappa shape index (κ1) is 17.8. The van der Waals surface area contributed by atoms with Gasteiger partial charge in [0.05, 0.1) is 14.2 Å². The maximum absolute atomic E-state index is 5.38. The van der Waals surface area contributed by atoms with Crippen molar-refractivity contribution in [1.29, 1.82) is 0 Å². The van der Waals surface area contributed by atoms with E-state index in [0.29, 0.717) is 6.04 Å². The van der Waals surface area contributed by atoms with Gasteiger partial charge in [-0.3, -0.25) is 0 Å². The van der Waals surface area contributed by atoms with Crippen molar-refractivity contribution in [1.82, 2.24) is 9.36 Å². The van der Waals surface area contributed by atoms with Gasteiger partial charge in [-0.05, 0) is 6.42 Å². The van der Waals surface area contributed by atoms with Crippen molar-refractivity contribution in [3.05, 3.63) is 24.0 Å². The number of ether oxygens (including phenoxy) is 2. The number of hydrogen-bond donors (Lipinski definition) is 1. The van der Waals surface area contributed by atoms with Crippen LogP contribution in [0.1, 0.15) is 33.0 Å². The number of nitrogens with one attached hydrogen (secondary N) is 1. The Bertz CT molecular complexity index is 704. The van der Waals surface area contributed by atoms with E-state index in [1.54, 1.807) is 14.2 Å². The lowest BCUT2D eigenvalue weighted by Crippen LogP contribution is -2.26. The summed E-state index contributed by atoms with van der Waals surface area (Å²) in [7, 11) is 3.35. The molecule has 1 N–H and O–H groups in total. The lowest BCUT2D eigenvalue weighted by molar-refractivity contribution is 0.394. The largest absolute Gasteiger partial charge is 0.497 e. The Morgan fingerprint density at radius 1 is 1.16 bits per heavy atom. The summed E-state index contributed by atoms with van der Waals surface area (Å²) in [6.45, 7) is 8.30. The van der Waals surface area contributed by atoms with E-state index >= 15 is 0 Å². The second-order valence-corrected chi connectivity index (χ2v) is 8.07. The minimum Gasteiger partial charge on any atom is -0.497 e. The molecule has 0 bridgehead atoms. The third-order valence-corrected chi connectivity index (χ3v) is 4.96. The summed E-state index contributed by atoms with van der Waals surface area (Å²) >= 11 is 1.44. The number of benzene rings is 1. The Labute approximate surface area is 153 Å². The van der Waals surface area contributed by atoms with Crippen LogP contribution in [-0.2, 0) is 5.41 Å². The lowest BCUT2D eigenvalue weighted by atomic mass is 9.96. The van der Waals surface area contributed by atoms with Crippen molar-refractivity contribution < 1.29 is 9.47 Å². The summed E-state index contributed by atoms with van der Waals surface area (Å²) in [6.07, 6.45) is 1.06. The van der Waals surface area contributed by atoms with Gasteiger partial charge in [-0.15, -0.1) is 0 Å². The zero-order chi connectivity index (χ0) is 18.0. The predicted octanol–water partition coefficient (Wildman–Crippen LogP) is 3.54. The van der Waals surface area contributed by atoms with Gasteiger partial charge in [0.1, 0.15) is 17.3 Å². The number of aromatic nitrogens is 2. The predicted molar refractivity (Wildman–Crippen MR) is 102 cm³/mol. The van der Waals surface area contributed by atoms with E-state index in [1.807, 2.05) is 18.2 Å². The molecule has 25 heavy (non-hydrogen) atoms. The minimum absolute atomic E-state index is 0.0186. The molecule has 1 aromatic heterocycles. The first-order chi connectivity index (χ1) is 11.9. The van der Waals surface area contributed by atoms with Crippen molar-refractivity contribution in [3.63, 3.8) is 0 Å². The van der Waals surface area contributed by atoms with Gasteiger partial charge in [-0.1, -0.05) is 20.8 Å². The van der Waals surface area contributed by atoms with Crippen LogP contribution in [0.15, 0.2) is 18.2 Å². The van der Waals surface area contributed by atoms with Crippen LogP contribution in [0.2, 0.25) is 0 Å². The molecule has 0 radical (unpaired) electrons. The molecule has 1 aliphatic rings. The van der Waals surface area contributed by atoms with E-state index in [1.165, 1.54) is 11.5 Å². The Kier molecular flexibility index (Phi) is 5.03. The van der Waals surface area contributed by atoms with Crippen LogP contribution >= 0.6 is 11.5 Å². The molecule has 2 aromatic rings. The fourth-order valence-corrected chi connectivity index (χ4v) is 3.68. The molecule has 6 nitrogen and oxygen atoms in total. The summed E-state index contributed by atoms with van der Waals surface area (Å²) in [6, 6.07) is 6.35. The molecule has 1 fully saturated rings. The Morgan fingerprint density at radius 2 is 1.84 bits per heavy atom. The van der Waals surface area contributed by atoms with Gasteiger partial charge in [0.25, 0.3) is 0 Å². The molecular weight excluding hydrogens is 336 g/mol. The maximum Gasteiger partial charge on any atom is 0.202 e. The van der Waals surface area contributed by atoms with Crippen molar-refractivity contribution in [2.45, 2.75) is 38.6 Å². The maximum atomic E-state index is 5.38. The highest BCUT2D eigenvalue weighted by molar-refractivity contribution is 7.09. The summed E-state index contributed by atoms with van der Waals surface area (Å²) in [5, 5.41) is 4.43. The average Bonchev–Trinajstić information content (AvgIpc) is 3.24. The second kappa shape index (κ2) is 7.07. The molecule has 3 rings (SSSR count). The van der Waals surface area contributed by atoms with Crippen LogP contribution in [0, 0.1) is 0 Å². The van der Waals surface area contributed by atoms with Gasteiger partial charge >= 0.3 is 0 Å². The van der Waals surface area contributed by atoms with E-state index in [2.05, 4.69) is 40.3 Å². The molecule has 1 aliphatic heterocycles. The molecule has 1 unspecified atom stereocenters. The molecular formula is C18H26N4O2S. The Morgan fingerprint density at radius 3 is 2.40 bits per heavy atom. The van der Waals surface area contributed by atoms with Gasteiger partial charge in [0, 0.05) is 60.0 Å². The number of hydrogen-bond acceptors (Lipinski definition) is 7. The third-order valence-electron chi connectivity index (χ3n) is 4.31. The molecule has 0 aliphatic carbocycles. The average molecular weight is 362 g/mol. The van der Waals surface area contributed by atoms with Crippen LogP contribution in [0.5, 0.6) is 11.5 Å². The van der Waals surface area contributed by atoms with Crippen molar-refractivity contribution in [2.24, 2.45) is 0 Å². The molecule has 2 heterocycles. The molecule has 0 amide bonds. The van der Waals surface area contributed by atoms with Crippen LogP contribution in [0.3, 0.4) is 0 Å². The van der Waals surface area contributed by atoms with Crippen LogP contribution in [-0.4, -0.2) is 42.7 Å². The first-order valence-electron chi connectivity index (χ1n) is 8.48. The van der Waals surface area contributed by atoms with Gasteiger partial charge in [-0.2, -0.15) is 4.37 Å². The van der Waals surface area contributed by atoms with Crippen LogP contribution < -0.4 is 19.7 Å². The third kappa shape index (κ3) is 4.15. The molecule has 1 aromatic carbocycles. The quantitative estimate of drug-likeness (QED) is 0.878. The zero-order valence-corrected chi connectivity index (χ0v) is 16.3. The molecule has 0 saturated carbocycles. The molecule has 7 heteroatoms. The normalized spacial score (nSPS) is 17.6. The van der Waals surface area contributed by atoms with Gasteiger partial charge in [0.15, 0.2) is 0 Å². The van der Waals surface area contributed by atoms with Crippen molar-refractivity contribution in [3.8, 4) is 11.5 Å². The number of methoxy groups -OCH3 is 2. The standard InChI is InChI=1S/C18H26N4O2S/c1-18(2,3)16-20-17(25-21-16)19-12-6-7-22(11-12)13-8-14(23-4)10-15(9-13)24-5/h8-10,12H,6-7,11H2,1-5H3,(H,19,20,21). The van der Waals surface area contributed by atoms with Gasteiger partial charge in [-0.25, -0.2) is 4.98 Å². The van der Waals surface area contributed by atoms with E-state index < -0.39 is 0 Å². The van der Waals surface area contributed by atoms with E-state index in [0.717, 1.165) is 47.7 Å². The monoisotopic (exact) mass is 362 g/mol. The Balaban J connectivity index is 1.67. The van der Waals surface area contributed by atoms with E-state index in [9.17, 15) is 0 Å². The van der Waals surface area contributed by atoms with Crippen molar-refractivity contribution >= 4 is 22.4 Å². The molecule has 1 atom stereocenters. The van der Waals surface area contributed by atoms with Gasteiger partial charge in [0.2, 0.25) is 5.13 Å². The van der Waals surface area contributed by atoms with E-state index in [4.69, 9.17) is 9.47 Å². The molecule has 0 spiro atoms. The SMILES string of the molecule is COc1cc(OC)cc(N2CCC(Nc3nc(C(C)(C)C)ns3)C2)c1. The second-order valence-electron chi connectivity index (χ2n) is 7.32. The number of nitrogens with zero attached hydrogens (tertiary/aromatic N) is 3. The smallest absolute Gasteiger partial charge is 0.202 e. The summed E-state index contributed by atoms with van der Waals surface area (Å²) < 4.78 is 15.2. The topological polar surface area (TPSA) is 59.5 Å². The number of rotatable bonds is 5. The fourth-order valence-electron chi connectivity index (χ4n) is 2.85. The Hall–Kier alpha value is -2.02. The summed E-state index contributed by atoms with van der Waals surface area (Å²) in [5.41, 5.74) is 1.10. The summed E-state index contributed by atoms with van der Waals surface area (Å²) in [5.74, 6) is 2.52. The van der Waals surface area contributed by atoms with Crippen LogP contribution in [0.25, 0.3) is 0 Å². The fraction of sp³-hybridized carbons (Fsp3) is 0.556. The molecule has 1 saturated heterocycles. The van der Waals surface area contributed by atoms with Gasteiger partial charge < -0.3 is 19.7 Å². The van der Waals surface area contributed by atoms with Crippen LogP contribution in [0.4, 0.5) is 10.8 Å². The van der Waals surface area contributed by atoms with E-state index in [-0.39, 0.29) is 5.41 Å². The molecule has 136 valence electrons. The highest BCUT2D eigenvalue weighted by atomic mass is 32.1. The van der Waals surface area contributed by atoms with Crippen molar-refractivity contribution in [2.75, 3.05) is 37.5 Å². The number of anilines is 2. The minimum atomic E-state index is -0.0186. The summed E-state index contributed by atoms with van der Waals surface area (Å²) in [4.78, 5) is 6.98. The zero-order valence-electron chi connectivity index (χ0n) is 15.5.